The third-order valence-corrected chi connectivity index (χ3v) is 2.19. The average molecular weight is 194 g/mol. The molecule has 0 fully saturated rings. The molecule has 1 aromatic heterocycles. The van der Waals surface area contributed by atoms with Crippen molar-refractivity contribution in [1.82, 2.24) is 9.78 Å². The third-order valence-electron chi connectivity index (χ3n) is 2.19. The number of hydrogen-bond acceptors (Lipinski definition) is 3. The topological polar surface area (TPSA) is 55.9 Å². The number of aromatic nitrogens is 2. The normalized spacial score (nSPS) is 12.5. The first-order chi connectivity index (χ1) is 6.60. The fourth-order valence-corrected chi connectivity index (χ4v) is 1.25. The molecular weight excluding hydrogens is 176 g/mol. The highest BCUT2D eigenvalue weighted by Crippen LogP contribution is 2.22. The van der Waals surface area contributed by atoms with Crippen LogP contribution in [0.2, 0.25) is 0 Å². The van der Waals surface area contributed by atoms with Crippen LogP contribution in [-0.4, -0.2) is 15.8 Å². The molecule has 1 heterocycles. The molecule has 0 bridgehead atoms. The summed E-state index contributed by atoms with van der Waals surface area (Å²) in [7, 11) is 0. The van der Waals surface area contributed by atoms with E-state index in [2.05, 4.69) is 17.0 Å². The zero-order chi connectivity index (χ0) is 10.7. The Morgan fingerprint density at radius 3 is 2.86 bits per heavy atom. The minimum atomic E-state index is 0.193. The zero-order valence-corrected chi connectivity index (χ0v) is 9.04. The quantitative estimate of drug-likeness (QED) is 0.718. The number of aryl methyl sites for hydroxylation is 2. The smallest absolute Gasteiger partial charge is 0.148 e. The van der Waals surface area contributed by atoms with Crippen molar-refractivity contribution in [2.75, 3.05) is 11.1 Å². The van der Waals surface area contributed by atoms with Crippen LogP contribution in [0.3, 0.4) is 0 Å². The summed E-state index contributed by atoms with van der Waals surface area (Å²) in [6.07, 6.45) is 1.84. The molecule has 0 radical (unpaired) electrons. The van der Waals surface area contributed by atoms with Gasteiger partial charge < -0.3 is 11.1 Å². The summed E-state index contributed by atoms with van der Waals surface area (Å²) in [6.45, 7) is 10.5. The summed E-state index contributed by atoms with van der Waals surface area (Å²) < 4.78 is 1.87. The predicted molar refractivity (Wildman–Crippen MR) is 60.3 cm³/mol. The fourth-order valence-electron chi connectivity index (χ4n) is 1.25. The van der Waals surface area contributed by atoms with E-state index in [0.29, 0.717) is 0 Å². The van der Waals surface area contributed by atoms with Crippen LogP contribution >= 0.6 is 0 Å². The molecule has 4 nitrogen and oxygen atoms in total. The van der Waals surface area contributed by atoms with E-state index >= 15 is 0 Å². The Morgan fingerprint density at radius 1 is 1.71 bits per heavy atom. The second-order valence-electron chi connectivity index (χ2n) is 3.33. The molecule has 4 heteroatoms. The largest absolute Gasteiger partial charge is 0.394 e. The van der Waals surface area contributed by atoms with E-state index in [0.717, 1.165) is 23.7 Å². The molecule has 0 saturated heterocycles. The molecule has 0 amide bonds. The molecule has 1 aromatic rings. The average Bonchev–Trinajstić information content (AvgIpc) is 2.45. The van der Waals surface area contributed by atoms with Gasteiger partial charge in [0.2, 0.25) is 0 Å². The molecule has 0 aromatic carbocycles. The maximum Gasteiger partial charge on any atom is 0.148 e. The lowest BCUT2D eigenvalue weighted by Crippen LogP contribution is -2.16. The minimum Gasteiger partial charge on any atom is -0.394 e. The first-order valence-corrected chi connectivity index (χ1v) is 4.82. The SMILES string of the molecule is C=CC(C)Nc1c(N)c(C)nn1CC. The van der Waals surface area contributed by atoms with Gasteiger partial charge in [-0.15, -0.1) is 6.58 Å². The predicted octanol–water partition coefficient (Wildman–Crippen LogP) is 1.78. The zero-order valence-electron chi connectivity index (χ0n) is 9.04. The Hall–Kier alpha value is -1.45. The lowest BCUT2D eigenvalue weighted by Gasteiger charge is -2.12. The van der Waals surface area contributed by atoms with E-state index in [1.165, 1.54) is 0 Å². The Kier molecular flexibility index (Phi) is 3.17. The Balaban J connectivity index is 2.98. The molecule has 0 spiro atoms. The van der Waals surface area contributed by atoms with Gasteiger partial charge >= 0.3 is 0 Å². The molecule has 0 aliphatic carbocycles. The maximum atomic E-state index is 5.90. The third kappa shape index (κ3) is 1.89. The highest BCUT2D eigenvalue weighted by Gasteiger charge is 2.11. The molecule has 1 atom stereocenters. The lowest BCUT2D eigenvalue weighted by atomic mass is 10.3. The van der Waals surface area contributed by atoms with Crippen LogP contribution in [0.25, 0.3) is 0 Å². The molecule has 78 valence electrons. The van der Waals surface area contributed by atoms with Crippen molar-refractivity contribution in [1.29, 1.82) is 0 Å². The number of nitrogens with zero attached hydrogens (tertiary/aromatic N) is 2. The monoisotopic (exact) mass is 194 g/mol. The standard InChI is InChI=1S/C10H18N4/c1-5-7(3)12-10-9(11)8(4)13-14(10)6-2/h5,7,12H,1,6,11H2,2-4H3. The van der Waals surface area contributed by atoms with Gasteiger partial charge in [-0.05, 0) is 20.8 Å². The minimum absolute atomic E-state index is 0.193. The Morgan fingerprint density at radius 2 is 2.36 bits per heavy atom. The van der Waals surface area contributed by atoms with Crippen LogP contribution in [0.15, 0.2) is 12.7 Å². The number of nitrogen functional groups attached to an aromatic ring is 1. The summed E-state index contributed by atoms with van der Waals surface area (Å²) in [5.41, 5.74) is 7.49. The van der Waals surface area contributed by atoms with Crippen molar-refractivity contribution in [3.8, 4) is 0 Å². The second-order valence-corrected chi connectivity index (χ2v) is 3.33. The van der Waals surface area contributed by atoms with Gasteiger partial charge in [0, 0.05) is 12.6 Å². The molecule has 14 heavy (non-hydrogen) atoms. The number of hydrogen-bond donors (Lipinski definition) is 2. The van der Waals surface area contributed by atoms with Crippen molar-refractivity contribution >= 4 is 11.5 Å². The molecular formula is C10H18N4. The molecule has 1 unspecified atom stereocenters. The number of rotatable bonds is 4. The Bertz CT molecular complexity index is 327. The van der Waals surface area contributed by atoms with Crippen molar-refractivity contribution < 1.29 is 0 Å². The second kappa shape index (κ2) is 4.17. The summed E-state index contributed by atoms with van der Waals surface area (Å²) in [5, 5.41) is 7.57. The van der Waals surface area contributed by atoms with E-state index in [9.17, 15) is 0 Å². The van der Waals surface area contributed by atoms with Crippen molar-refractivity contribution in [3.05, 3.63) is 18.3 Å². The highest BCUT2D eigenvalue weighted by molar-refractivity contribution is 5.65. The van der Waals surface area contributed by atoms with Crippen LogP contribution in [-0.2, 0) is 6.54 Å². The van der Waals surface area contributed by atoms with Crippen LogP contribution in [0.5, 0.6) is 0 Å². The van der Waals surface area contributed by atoms with Gasteiger partial charge in [-0.1, -0.05) is 6.08 Å². The van der Waals surface area contributed by atoms with E-state index in [1.807, 2.05) is 31.5 Å². The maximum absolute atomic E-state index is 5.90. The molecule has 0 aliphatic rings. The number of nitrogens with one attached hydrogen (secondary N) is 1. The van der Waals surface area contributed by atoms with Crippen LogP contribution in [0, 0.1) is 6.92 Å². The van der Waals surface area contributed by atoms with E-state index < -0.39 is 0 Å². The number of nitrogens with two attached hydrogens (primary N) is 1. The molecule has 1 rings (SSSR count). The van der Waals surface area contributed by atoms with E-state index in [4.69, 9.17) is 5.73 Å². The van der Waals surface area contributed by atoms with Gasteiger partial charge in [-0.2, -0.15) is 5.10 Å². The van der Waals surface area contributed by atoms with Gasteiger partial charge in [0.25, 0.3) is 0 Å². The van der Waals surface area contributed by atoms with Crippen molar-refractivity contribution in [3.63, 3.8) is 0 Å². The van der Waals surface area contributed by atoms with Gasteiger partial charge in [-0.25, -0.2) is 4.68 Å². The molecule has 3 N–H and O–H groups in total. The van der Waals surface area contributed by atoms with E-state index in [1.54, 1.807) is 0 Å². The molecule has 0 saturated carbocycles. The first-order valence-electron chi connectivity index (χ1n) is 4.82. The summed E-state index contributed by atoms with van der Waals surface area (Å²) >= 11 is 0. The molecule has 0 aliphatic heterocycles. The summed E-state index contributed by atoms with van der Waals surface area (Å²) in [6, 6.07) is 0.193. The first kappa shape index (κ1) is 10.6. The fraction of sp³-hybridized carbons (Fsp3) is 0.500. The van der Waals surface area contributed by atoms with Gasteiger partial charge in [-0.3, -0.25) is 0 Å². The summed E-state index contributed by atoms with van der Waals surface area (Å²) in [5.74, 6) is 0.886. The van der Waals surface area contributed by atoms with Crippen LogP contribution < -0.4 is 11.1 Å². The summed E-state index contributed by atoms with van der Waals surface area (Å²) in [4.78, 5) is 0. The van der Waals surface area contributed by atoms with Crippen LogP contribution in [0.4, 0.5) is 11.5 Å². The van der Waals surface area contributed by atoms with Crippen LogP contribution in [0.1, 0.15) is 19.5 Å². The van der Waals surface area contributed by atoms with Gasteiger partial charge in [0.15, 0.2) is 0 Å². The van der Waals surface area contributed by atoms with Gasteiger partial charge in [0.1, 0.15) is 5.82 Å². The van der Waals surface area contributed by atoms with E-state index in [-0.39, 0.29) is 6.04 Å². The number of anilines is 2. The van der Waals surface area contributed by atoms with Crippen molar-refractivity contribution in [2.45, 2.75) is 33.4 Å². The Labute approximate surface area is 84.8 Å². The van der Waals surface area contributed by atoms with Crippen molar-refractivity contribution in [2.24, 2.45) is 0 Å². The highest BCUT2D eigenvalue weighted by atomic mass is 15.3. The van der Waals surface area contributed by atoms with Gasteiger partial charge in [0.05, 0.1) is 11.4 Å². The lowest BCUT2D eigenvalue weighted by molar-refractivity contribution is 0.655.